The molecule has 2 aromatic carbocycles. The number of hydrogen-bond donors (Lipinski definition) is 1. The third-order valence-corrected chi connectivity index (χ3v) is 7.52. The summed E-state index contributed by atoms with van der Waals surface area (Å²) in [5.41, 5.74) is 5.25. The molecule has 0 saturated carbocycles. The van der Waals surface area contributed by atoms with Crippen molar-refractivity contribution in [2.45, 2.75) is 33.1 Å². The number of nitrogens with one attached hydrogen (secondary N) is 1. The zero-order valence-electron chi connectivity index (χ0n) is 19.0. The van der Waals surface area contributed by atoms with Gasteiger partial charge in [0.1, 0.15) is 4.88 Å². The summed E-state index contributed by atoms with van der Waals surface area (Å²) >= 11 is 1.54. The summed E-state index contributed by atoms with van der Waals surface area (Å²) in [7, 11) is 0. The molecule has 2 aromatic heterocycles. The van der Waals surface area contributed by atoms with Crippen molar-refractivity contribution in [2.24, 2.45) is 0 Å². The van der Waals surface area contributed by atoms with Crippen LogP contribution in [0.25, 0.3) is 32.1 Å². The van der Waals surface area contributed by atoms with E-state index in [1.807, 2.05) is 17.2 Å². The zero-order valence-corrected chi connectivity index (χ0v) is 19.8. The van der Waals surface area contributed by atoms with Gasteiger partial charge in [-0.2, -0.15) is 0 Å². The second-order valence-corrected chi connectivity index (χ2v) is 9.81. The molecular weight excluding hydrogens is 430 g/mol. The van der Waals surface area contributed by atoms with Crippen molar-refractivity contribution >= 4 is 44.1 Å². The number of carbonyl (C=O) groups excluding carboxylic acids is 2. The highest BCUT2D eigenvalue weighted by Crippen LogP contribution is 2.41. The molecule has 33 heavy (non-hydrogen) atoms. The number of rotatable bonds is 6. The van der Waals surface area contributed by atoms with Gasteiger partial charge in [-0.15, -0.1) is 11.3 Å². The minimum absolute atomic E-state index is 0.0691. The van der Waals surface area contributed by atoms with Gasteiger partial charge in [0, 0.05) is 53.3 Å². The largest absolute Gasteiger partial charge is 0.351 e. The number of carbonyl (C=O) groups is 2. The number of aryl methyl sites for hydroxylation is 2. The summed E-state index contributed by atoms with van der Waals surface area (Å²) in [6, 6.07) is 14.6. The average Bonchev–Trinajstić information content (AvgIpc) is 3.40. The molecule has 1 aliphatic rings. The predicted molar refractivity (Wildman–Crippen MR) is 135 cm³/mol. The highest BCUT2D eigenvalue weighted by Gasteiger charge is 2.22. The molecule has 0 unspecified atom stereocenters. The highest BCUT2D eigenvalue weighted by atomic mass is 32.1. The van der Waals surface area contributed by atoms with Gasteiger partial charge < -0.3 is 10.2 Å². The molecule has 0 radical (unpaired) electrons. The molecule has 6 heteroatoms. The van der Waals surface area contributed by atoms with Crippen LogP contribution in [-0.4, -0.2) is 41.3 Å². The highest BCUT2D eigenvalue weighted by molar-refractivity contribution is 7.22. The van der Waals surface area contributed by atoms with Gasteiger partial charge in [0.15, 0.2) is 0 Å². The first-order chi connectivity index (χ1) is 16.0. The molecule has 0 atom stereocenters. The Bertz CT molecular complexity index is 1360. The molecule has 1 saturated heterocycles. The lowest BCUT2D eigenvalue weighted by Gasteiger charge is -2.15. The first kappa shape index (κ1) is 21.6. The average molecular weight is 458 g/mol. The number of thiophene rings is 1. The normalized spacial score (nSPS) is 13.9. The van der Waals surface area contributed by atoms with Crippen molar-refractivity contribution in [2.75, 3.05) is 19.6 Å². The molecule has 1 aliphatic heterocycles. The van der Waals surface area contributed by atoms with Gasteiger partial charge in [-0.25, -0.2) is 0 Å². The van der Waals surface area contributed by atoms with E-state index in [0.29, 0.717) is 24.4 Å². The number of aromatic nitrogens is 1. The van der Waals surface area contributed by atoms with Crippen molar-refractivity contribution in [3.63, 3.8) is 0 Å². The van der Waals surface area contributed by atoms with Crippen LogP contribution in [0.2, 0.25) is 0 Å². The fraction of sp³-hybridized carbons (Fsp3) is 0.296. The van der Waals surface area contributed by atoms with E-state index in [1.54, 1.807) is 0 Å². The van der Waals surface area contributed by atoms with Crippen molar-refractivity contribution in [1.29, 1.82) is 0 Å². The Hall–Kier alpha value is -3.25. The molecular formula is C27H27N3O2S. The summed E-state index contributed by atoms with van der Waals surface area (Å²) in [5.74, 6) is 0.155. The second kappa shape index (κ2) is 8.94. The van der Waals surface area contributed by atoms with E-state index < -0.39 is 0 Å². The molecule has 5 rings (SSSR count). The molecule has 1 N–H and O–H groups in total. The quantitative estimate of drug-likeness (QED) is 0.390. The maximum absolute atomic E-state index is 13.3. The Morgan fingerprint density at radius 3 is 2.64 bits per heavy atom. The van der Waals surface area contributed by atoms with E-state index in [0.717, 1.165) is 51.5 Å². The Balaban J connectivity index is 1.49. The smallest absolute Gasteiger partial charge is 0.262 e. The van der Waals surface area contributed by atoms with Crippen LogP contribution in [0, 0.1) is 13.8 Å². The zero-order chi connectivity index (χ0) is 22.9. The van der Waals surface area contributed by atoms with E-state index in [2.05, 4.69) is 55.6 Å². The van der Waals surface area contributed by atoms with Crippen LogP contribution in [-0.2, 0) is 4.79 Å². The van der Waals surface area contributed by atoms with Gasteiger partial charge in [0.25, 0.3) is 5.91 Å². The number of nitrogens with zero attached hydrogens (tertiary/aromatic N) is 2. The van der Waals surface area contributed by atoms with E-state index in [9.17, 15) is 9.59 Å². The monoisotopic (exact) mass is 457 g/mol. The van der Waals surface area contributed by atoms with E-state index in [1.165, 1.54) is 22.5 Å². The lowest BCUT2D eigenvalue weighted by atomic mass is 10.00. The number of pyridine rings is 1. The van der Waals surface area contributed by atoms with Gasteiger partial charge in [-0.3, -0.25) is 14.6 Å². The molecule has 2 amide bonds. The number of likely N-dealkylation sites (tertiary alicyclic amines) is 1. The Morgan fingerprint density at radius 2 is 1.88 bits per heavy atom. The van der Waals surface area contributed by atoms with Crippen LogP contribution >= 0.6 is 11.3 Å². The summed E-state index contributed by atoms with van der Waals surface area (Å²) in [6.07, 6.45) is 4.24. The van der Waals surface area contributed by atoms with Crippen LogP contribution < -0.4 is 5.32 Å². The molecule has 5 nitrogen and oxygen atoms in total. The van der Waals surface area contributed by atoms with Crippen molar-refractivity contribution in [3.05, 3.63) is 64.7 Å². The van der Waals surface area contributed by atoms with E-state index in [-0.39, 0.29) is 11.8 Å². The van der Waals surface area contributed by atoms with Crippen LogP contribution in [0.5, 0.6) is 0 Å². The molecule has 1 fully saturated rings. The molecule has 4 aromatic rings. The number of amides is 2. The summed E-state index contributed by atoms with van der Waals surface area (Å²) in [6.45, 7) is 6.21. The van der Waals surface area contributed by atoms with E-state index in [4.69, 9.17) is 4.98 Å². The van der Waals surface area contributed by atoms with Crippen LogP contribution in [0.4, 0.5) is 0 Å². The molecule has 0 aliphatic carbocycles. The van der Waals surface area contributed by atoms with E-state index >= 15 is 0 Å². The Kier molecular flexibility index (Phi) is 5.85. The standard InChI is InChI=1S/C27H27N3O2S/c1-17-6-9-19(10-7-17)24-21-16-29-22-11-8-18(2)15-20(22)25(21)33-26(24)27(32)28-12-4-14-30-13-3-5-23(30)31/h6-11,15-16H,3-5,12-14H2,1-2H3,(H,28,32). The van der Waals surface area contributed by atoms with Crippen molar-refractivity contribution < 1.29 is 9.59 Å². The van der Waals surface area contributed by atoms with Crippen molar-refractivity contribution in [3.8, 4) is 11.1 Å². The van der Waals surface area contributed by atoms with Gasteiger partial charge >= 0.3 is 0 Å². The van der Waals surface area contributed by atoms with Crippen molar-refractivity contribution in [1.82, 2.24) is 15.2 Å². The maximum atomic E-state index is 13.3. The van der Waals surface area contributed by atoms with Gasteiger partial charge in [-0.05, 0) is 44.4 Å². The van der Waals surface area contributed by atoms with Crippen LogP contribution in [0.1, 0.15) is 40.1 Å². The Labute approximate surface area is 197 Å². The third-order valence-electron chi connectivity index (χ3n) is 6.28. The minimum atomic E-state index is -0.0691. The lowest BCUT2D eigenvalue weighted by Crippen LogP contribution is -2.30. The predicted octanol–water partition coefficient (Wildman–Crippen LogP) is 5.48. The maximum Gasteiger partial charge on any atom is 0.262 e. The molecule has 3 heterocycles. The topological polar surface area (TPSA) is 62.3 Å². The molecule has 168 valence electrons. The lowest BCUT2D eigenvalue weighted by molar-refractivity contribution is -0.127. The number of benzene rings is 2. The summed E-state index contributed by atoms with van der Waals surface area (Å²) < 4.78 is 1.09. The van der Waals surface area contributed by atoms with Crippen LogP contribution in [0.15, 0.2) is 48.7 Å². The SMILES string of the molecule is Cc1ccc(-c2c(C(=O)NCCCN3CCCC3=O)sc3c2cnc2ccc(C)cc23)cc1. The minimum Gasteiger partial charge on any atom is -0.351 e. The first-order valence-corrected chi connectivity index (χ1v) is 12.3. The third kappa shape index (κ3) is 4.23. The first-order valence-electron chi connectivity index (χ1n) is 11.5. The second-order valence-electron chi connectivity index (χ2n) is 8.79. The number of fused-ring (bicyclic) bond motifs is 3. The van der Waals surface area contributed by atoms with Gasteiger partial charge in [0.2, 0.25) is 5.91 Å². The van der Waals surface area contributed by atoms with Crippen LogP contribution in [0.3, 0.4) is 0 Å². The molecule has 0 spiro atoms. The summed E-state index contributed by atoms with van der Waals surface area (Å²) in [5, 5.41) is 5.18. The van der Waals surface area contributed by atoms with Gasteiger partial charge in [-0.1, -0.05) is 41.5 Å². The molecule has 0 bridgehead atoms. The fourth-order valence-electron chi connectivity index (χ4n) is 4.50. The fourth-order valence-corrected chi connectivity index (χ4v) is 5.74. The number of hydrogen-bond acceptors (Lipinski definition) is 4. The Morgan fingerprint density at radius 1 is 1.09 bits per heavy atom. The van der Waals surface area contributed by atoms with Gasteiger partial charge in [0.05, 0.1) is 5.52 Å². The summed E-state index contributed by atoms with van der Waals surface area (Å²) in [4.78, 5) is 32.4.